The maximum absolute atomic E-state index is 7.56. The van der Waals surface area contributed by atoms with Crippen molar-refractivity contribution in [3.63, 3.8) is 0 Å². The maximum atomic E-state index is 7.56. The molecule has 0 saturated carbocycles. The van der Waals surface area contributed by atoms with Gasteiger partial charge in [0.1, 0.15) is 0 Å². The molecule has 0 unspecified atom stereocenters. The molecule has 27 heavy (non-hydrogen) atoms. The Balaban J connectivity index is -0.0000000807. The van der Waals surface area contributed by atoms with E-state index in [9.17, 15) is 0 Å². The van der Waals surface area contributed by atoms with E-state index in [2.05, 4.69) is 51.3 Å². The van der Waals surface area contributed by atoms with Crippen molar-refractivity contribution < 1.29 is 29.4 Å². The van der Waals surface area contributed by atoms with Gasteiger partial charge in [0, 0.05) is 0 Å². The Kier molecular flexibility index (Phi) is 45.7. The van der Waals surface area contributed by atoms with Gasteiger partial charge in [-0.1, -0.05) is 105 Å². The third-order valence-electron chi connectivity index (χ3n) is 2.91. The average Bonchev–Trinajstić information content (AvgIpc) is 2.46. The molecular formula is C16H44BaO6P2S2. The van der Waals surface area contributed by atoms with Crippen LogP contribution in [0.5, 0.6) is 0 Å². The van der Waals surface area contributed by atoms with Crippen molar-refractivity contribution >= 4 is 85.9 Å². The molecule has 0 aliphatic heterocycles. The van der Waals surface area contributed by atoms with Crippen LogP contribution < -0.4 is 0 Å². The molecule has 0 aliphatic carbocycles. The average molecular weight is 596 g/mol. The van der Waals surface area contributed by atoms with Crippen molar-refractivity contribution in [1.82, 2.24) is 0 Å². The third kappa shape index (κ3) is 127. The Hall–Kier alpha value is 2.63. The number of hydrogen-bond acceptors (Lipinski definition) is 2. The van der Waals surface area contributed by atoms with E-state index in [1.807, 2.05) is 0 Å². The van der Waals surface area contributed by atoms with Crippen LogP contribution in [0.4, 0.5) is 0 Å². The van der Waals surface area contributed by atoms with E-state index in [0.717, 1.165) is 0 Å². The van der Waals surface area contributed by atoms with Gasteiger partial charge in [-0.15, -0.1) is 0 Å². The molecule has 0 fully saturated rings. The second kappa shape index (κ2) is 30.8. The molecule has 0 heterocycles. The minimum absolute atomic E-state index is 0. The zero-order valence-electron chi connectivity index (χ0n) is 16.9. The summed E-state index contributed by atoms with van der Waals surface area (Å²) in [5, 5.41) is 0. The second-order valence-electron chi connectivity index (χ2n) is 5.85. The molecule has 0 saturated heterocycles. The number of hydrogen-bond donors (Lipinski definition) is 6. The Morgan fingerprint density at radius 1 is 0.444 bits per heavy atom. The summed E-state index contributed by atoms with van der Waals surface area (Å²) in [7, 11) is 0. The first kappa shape index (κ1) is 40.0. The molecule has 0 spiro atoms. The Bertz CT molecular complexity index is 280. The number of rotatable bonds is 10. The molecule has 0 rings (SSSR count). The molecule has 6 nitrogen and oxygen atoms in total. The third-order valence-corrected chi connectivity index (χ3v) is 2.91. The summed E-state index contributed by atoms with van der Waals surface area (Å²) >= 11 is 7.21. The fourth-order valence-electron chi connectivity index (χ4n) is 1.71. The van der Waals surface area contributed by atoms with Crippen molar-refractivity contribution in [2.24, 2.45) is 0 Å². The first-order valence-corrected chi connectivity index (χ1v) is 14.7. The minimum atomic E-state index is -3.81. The van der Waals surface area contributed by atoms with Gasteiger partial charge in [0.2, 0.25) is 0 Å². The van der Waals surface area contributed by atoms with Crippen LogP contribution in [0.25, 0.3) is 0 Å². The SMILES string of the molecule is CCCCCCCC.CCCCCCCC.OP(O)(O)=S.OP(O)(O)=S.[BaH2]. The van der Waals surface area contributed by atoms with Crippen LogP contribution in [0.1, 0.15) is 105 Å². The van der Waals surface area contributed by atoms with E-state index in [1.54, 1.807) is 0 Å². The molecule has 0 bridgehead atoms. The molecule has 0 atom stereocenters. The predicted octanol–water partition coefficient (Wildman–Crippen LogP) is 4.19. The van der Waals surface area contributed by atoms with Crippen LogP contribution in [0.15, 0.2) is 0 Å². The molecule has 0 aromatic rings. The molecule has 168 valence electrons. The van der Waals surface area contributed by atoms with Gasteiger partial charge in [-0.25, -0.2) is 0 Å². The topological polar surface area (TPSA) is 121 Å². The number of unbranched alkanes of at least 4 members (excludes halogenated alkanes) is 10. The summed E-state index contributed by atoms with van der Waals surface area (Å²) in [5.74, 6) is 0. The Morgan fingerprint density at radius 2 is 0.556 bits per heavy atom. The van der Waals surface area contributed by atoms with Gasteiger partial charge >= 0.3 is 62.3 Å². The van der Waals surface area contributed by atoms with Gasteiger partial charge in [-0.2, -0.15) is 0 Å². The van der Waals surface area contributed by atoms with Crippen LogP contribution in [-0.2, 0) is 23.6 Å². The van der Waals surface area contributed by atoms with Crippen LogP contribution in [0, 0.1) is 0 Å². The fraction of sp³-hybridized carbons (Fsp3) is 1.00. The first-order chi connectivity index (χ1) is 11.8. The van der Waals surface area contributed by atoms with Crippen LogP contribution in [0.2, 0.25) is 0 Å². The van der Waals surface area contributed by atoms with E-state index in [4.69, 9.17) is 29.4 Å². The zero-order valence-corrected chi connectivity index (χ0v) is 20.3. The van der Waals surface area contributed by atoms with Gasteiger partial charge in [-0.05, 0) is 23.6 Å². The van der Waals surface area contributed by atoms with Gasteiger partial charge in [0.25, 0.3) is 0 Å². The molecule has 11 heteroatoms. The normalized spacial score (nSPS) is 10.1. The van der Waals surface area contributed by atoms with E-state index >= 15 is 0 Å². The summed E-state index contributed by atoms with van der Waals surface area (Å²) in [6, 6.07) is 0. The summed E-state index contributed by atoms with van der Waals surface area (Å²) in [5.41, 5.74) is 0. The fourth-order valence-corrected chi connectivity index (χ4v) is 1.71. The quantitative estimate of drug-likeness (QED) is 0.126. The van der Waals surface area contributed by atoms with Gasteiger partial charge in [-0.3, -0.25) is 0 Å². The molecule has 0 aliphatic rings. The van der Waals surface area contributed by atoms with Gasteiger partial charge < -0.3 is 29.4 Å². The Morgan fingerprint density at radius 3 is 0.630 bits per heavy atom. The summed E-state index contributed by atoms with van der Waals surface area (Å²) in [6.45, 7) is 1.41. The van der Waals surface area contributed by atoms with Gasteiger partial charge in [0.05, 0.1) is 0 Å². The van der Waals surface area contributed by atoms with Crippen LogP contribution in [-0.4, -0.2) is 78.2 Å². The van der Waals surface area contributed by atoms with E-state index < -0.39 is 13.4 Å². The first-order valence-electron chi connectivity index (χ1n) is 9.39. The van der Waals surface area contributed by atoms with Crippen molar-refractivity contribution in [2.45, 2.75) is 105 Å². The summed E-state index contributed by atoms with van der Waals surface area (Å²) in [4.78, 5) is 45.3. The molecular weight excluding hydrogens is 552 g/mol. The molecule has 0 radical (unpaired) electrons. The Labute approximate surface area is 217 Å². The summed E-state index contributed by atoms with van der Waals surface area (Å²) < 4.78 is 0. The van der Waals surface area contributed by atoms with Crippen LogP contribution in [0.3, 0.4) is 0 Å². The molecule has 0 aromatic heterocycles. The van der Waals surface area contributed by atoms with Crippen molar-refractivity contribution in [2.75, 3.05) is 0 Å². The predicted molar refractivity (Wildman–Crippen MR) is 129 cm³/mol. The second-order valence-corrected chi connectivity index (χ2v) is 10.8. The van der Waals surface area contributed by atoms with Crippen molar-refractivity contribution in [3.8, 4) is 0 Å². The van der Waals surface area contributed by atoms with Crippen LogP contribution >= 0.6 is 13.4 Å². The molecule has 0 amide bonds. The zero-order chi connectivity index (χ0) is 21.5. The van der Waals surface area contributed by atoms with Crippen molar-refractivity contribution in [1.29, 1.82) is 0 Å². The molecule has 6 N–H and O–H groups in total. The molecule has 0 aromatic carbocycles. The van der Waals surface area contributed by atoms with Gasteiger partial charge in [0.15, 0.2) is 0 Å². The standard InChI is InChI=1S/2C8H18.Ba.2H3O3PS.2H/c2*1-3-5-7-8-6-4-2;;2*1-4(2,3)5;;/h2*3-8H2,1-2H3;;2*(H3,1,2,3,5);;. The summed E-state index contributed by atoms with van der Waals surface area (Å²) in [6.07, 6.45) is 17.0. The monoisotopic (exact) mass is 596 g/mol. The van der Waals surface area contributed by atoms with E-state index in [-0.39, 0.29) is 48.9 Å². The van der Waals surface area contributed by atoms with Crippen molar-refractivity contribution in [3.05, 3.63) is 0 Å². The van der Waals surface area contributed by atoms with E-state index in [0.29, 0.717) is 0 Å². The van der Waals surface area contributed by atoms with E-state index in [1.165, 1.54) is 77.0 Å².